The van der Waals surface area contributed by atoms with Crippen molar-refractivity contribution in [3.05, 3.63) is 33.8 Å². The molecule has 1 aromatic rings. The number of hydrogen-bond acceptors (Lipinski definition) is 5. The first-order chi connectivity index (χ1) is 13.3. The third kappa shape index (κ3) is 8.55. The molecular weight excluding hydrogens is 409 g/mol. The second-order valence-electron chi connectivity index (χ2n) is 5.70. The molecule has 0 spiro atoms. The highest BCUT2D eigenvalue weighted by molar-refractivity contribution is 6.36. The Labute approximate surface area is 173 Å². The van der Waals surface area contributed by atoms with Crippen molar-refractivity contribution in [3.63, 3.8) is 0 Å². The highest BCUT2D eigenvalue weighted by atomic mass is 35.5. The average molecular weight is 432 g/mol. The van der Waals surface area contributed by atoms with Crippen LogP contribution in [0.15, 0.2) is 23.2 Å². The van der Waals surface area contributed by atoms with Crippen LogP contribution < -0.4 is 21.7 Å². The van der Waals surface area contributed by atoms with Crippen LogP contribution in [-0.4, -0.2) is 50.1 Å². The minimum Gasteiger partial charge on any atom is -0.446 e. The van der Waals surface area contributed by atoms with Crippen LogP contribution >= 0.6 is 23.2 Å². The van der Waals surface area contributed by atoms with Gasteiger partial charge in [-0.05, 0) is 31.2 Å². The number of aliphatic imine (C=N–C) groups is 1. The van der Waals surface area contributed by atoms with Gasteiger partial charge in [-0.1, -0.05) is 36.2 Å². The van der Waals surface area contributed by atoms with Crippen LogP contribution in [0.1, 0.15) is 18.9 Å². The number of nitrogens with zero attached hydrogens (tertiary/aromatic N) is 1. The number of nitrogens with one attached hydrogen (secondary N) is 3. The van der Waals surface area contributed by atoms with Crippen molar-refractivity contribution in [1.82, 2.24) is 16.0 Å². The van der Waals surface area contributed by atoms with E-state index in [-0.39, 0.29) is 31.5 Å². The van der Waals surface area contributed by atoms with Crippen molar-refractivity contribution < 1.29 is 19.1 Å². The number of amides is 3. The van der Waals surface area contributed by atoms with Gasteiger partial charge in [-0.3, -0.25) is 14.9 Å². The van der Waals surface area contributed by atoms with E-state index in [4.69, 9.17) is 33.7 Å². The number of halogens is 2. The molecule has 3 amide bonds. The van der Waals surface area contributed by atoms with Gasteiger partial charge in [0.25, 0.3) is 0 Å². The molecule has 28 heavy (non-hydrogen) atoms. The Bertz CT molecular complexity index is 722. The maximum Gasteiger partial charge on any atom is 0.436 e. The Balaban J connectivity index is 2.52. The summed E-state index contributed by atoms with van der Waals surface area (Å²) in [6.45, 7) is 1.90. The largest absolute Gasteiger partial charge is 0.446 e. The number of ether oxygens (including phenoxy) is 1. The molecule has 0 unspecified atom stereocenters. The molecule has 5 N–H and O–H groups in total. The molecule has 154 valence electrons. The van der Waals surface area contributed by atoms with E-state index in [0.717, 1.165) is 0 Å². The average Bonchev–Trinajstić information content (AvgIpc) is 2.61. The lowest BCUT2D eigenvalue weighted by atomic mass is 10.1. The molecule has 0 saturated carbocycles. The van der Waals surface area contributed by atoms with Gasteiger partial charge in [-0.25, -0.2) is 4.79 Å². The lowest BCUT2D eigenvalue weighted by Gasteiger charge is -2.16. The number of carbonyl (C=O) groups is 3. The lowest BCUT2D eigenvalue weighted by Crippen LogP contribution is -2.42. The normalized spacial score (nSPS) is 12.2. The first kappa shape index (κ1) is 23.7. The molecule has 0 bridgehead atoms. The van der Waals surface area contributed by atoms with Crippen LogP contribution in [0.5, 0.6) is 0 Å². The summed E-state index contributed by atoms with van der Waals surface area (Å²) in [5.74, 6) is -1.20. The first-order valence-corrected chi connectivity index (χ1v) is 9.20. The Morgan fingerprint density at radius 1 is 1.21 bits per heavy atom. The van der Waals surface area contributed by atoms with Gasteiger partial charge in [0.2, 0.25) is 17.8 Å². The number of nitrogens with two attached hydrogens (primary N) is 1. The second-order valence-corrected chi connectivity index (χ2v) is 6.52. The van der Waals surface area contributed by atoms with Gasteiger partial charge in [0.05, 0.1) is 19.0 Å². The topological polar surface area (TPSA) is 135 Å². The Hall–Kier alpha value is -2.36. The minimum atomic E-state index is -0.991. The summed E-state index contributed by atoms with van der Waals surface area (Å²) in [7, 11) is 1.64. The zero-order valence-electron chi connectivity index (χ0n) is 15.6. The van der Waals surface area contributed by atoms with Crippen LogP contribution in [0.4, 0.5) is 4.79 Å². The Kier molecular flexibility index (Phi) is 10.3. The quantitative estimate of drug-likeness (QED) is 0.360. The monoisotopic (exact) mass is 431 g/mol. The molecule has 0 aliphatic heterocycles. The highest BCUT2D eigenvalue weighted by Gasteiger charge is 2.14. The molecule has 0 aliphatic rings. The molecule has 0 heterocycles. The number of guanidine groups is 1. The summed E-state index contributed by atoms with van der Waals surface area (Å²) in [6.07, 6.45) is -0.578. The summed E-state index contributed by atoms with van der Waals surface area (Å²) in [5, 5.41) is 8.34. The predicted octanol–water partition coefficient (Wildman–Crippen LogP) is 1.22. The van der Waals surface area contributed by atoms with Crippen LogP contribution in [0.25, 0.3) is 0 Å². The molecule has 0 aliphatic carbocycles. The standard InChI is InChI=1S/C17H23Cl2N5O4/c1-3-10(22-15(26)8-21-2)9-28-17(27)24-16(20)23-14(25)7-11-12(18)5-4-6-13(11)19/h4-6,10,21H,3,7-9H2,1-2H3,(H,22,26)(H3,20,23,24,25,27)/t10-/m1/s1. The van der Waals surface area contributed by atoms with Gasteiger partial charge in [-0.2, -0.15) is 0 Å². The number of rotatable bonds is 8. The van der Waals surface area contributed by atoms with Gasteiger partial charge in [0, 0.05) is 10.0 Å². The van der Waals surface area contributed by atoms with Crippen LogP contribution in [-0.2, 0) is 20.7 Å². The van der Waals surface area contributed by atoms with Crippen molar-refractivity contribution in [3.8, 4) is 0 Å². The number of hydrogen-bond donors (Lipinski definition) is 4. The molecule has 0 aromatic heterocycles. The van der Waals surface area contributed by atoms with E-state index in [2.05, 4.69) is 20.9 Å². The zero-order valence-corrected chi connectivity index (χ0v) is 17.1. The van der Waals surface area contributed by atoms with Crippen molar-refractivity contribution >= 4 is 47.1 Å². The van der Waals surface area contributed by atoms with E-state index >= 15 is 0 Å². The summed E-state index contributed by atoms with van der Waals surface area (Å²) in [5.41, 5.74) is 5.97. The molecule has 0 fully saturated rings. The van der Waals surface area contributed by atoms with Gasteiger partial charge in [0.1, 0.15) is 6.61 Å². The molecule has 0 radical (unpaired) electrons. The first-order valence-electron chi connectivity index (χ1n) is 8.44. The van der Waals surface area contributed by atoms with Crippen LogP contribution in [0.3, 0.4) is 0 Å². The molecule has 9 nitrogen and oxygen atoms in total. The third-order valence-electron chi connectivity index (χ3n) is 3.48. The van der Waals surface area contributed by atoms with E-state index in [1.807, 2.05) is 6.92 Å². The zero-order chi connectivity index (χ0) is 21.1. The highest BCUT2D eigenvalue weighted by Crippen LogP contribution is 2.24. The summed E-state index contributed by atoms with van der Waals surface area (Å²) in [6, 6.07) is 4.50. The minimum absolute atomic E-state index is 0.0786. The SMILES string of the molecule is CC[C@H](COC(=O)/N=C(\N)NC(=O)Cc1c(Cl)cccc1Cl)NC(=O)CNC. The van der Waals surface area contributed by atoms with Crippen molar-refractivity contribution in [2.75, 3.05) is 20.2 Å². The molecule has 1 rings (SSSR count). The smallest absolute Gasteiger partial charge is 0.436 e. The summed E-state index contributed by atoms with van der Waals surface area (Å²) >= 11 is 12.0. The van der Waals surface area contributed by atoms with E-state index in [9.17, 15) is 14.4 Å². The molecule has 0 saturated heterocycles. The third-order valence-corrected chi connectivity index (χ3v) is 4.19. The molecule has 1 atom stereocenters. The Morgan fingerprint density at radius 3 is 2.43 bits per heavy atom. The fourth-order valence-electron chi connectivity index (χ4n) is 2.08. The molecule has 1 aromatic carbocycles. The Morgan fingerprint density at radius 2 is 1.86 bits per heavy atom. The van der Waals surface area contributed by atoms with E-state index in [1.54, 1.807) is 25.2 Å². The van der Waals surface area contributed by atoms with Crippen molar-refractivity contribution in [1.29, 1.82) is 0 Å². The summed E-state index contributed by atoms with van der Waals surface area (Å²) < 4.78 is 4.95. The molecular formula is C17H23Cl2N5O4. The van der Waals surface area contributed by atoms with Crippen molar-refractivity contribution in [2.45, 2.75) is 25.8 Å². The second kappa shape index (κ2) is 12.2. The van der Waals surface area contributed by atoms with Crippen LogP contribution in [0, 0.1) is 0 Å². The van der Waals surface area contributed by atoms with Gasteiger partial charge >= 0.3 is 6.09 Å². The van der Waals surface area contributed by atoms with Gasteiger partial charge in [-0.15, -0.1) is 4.99 Å². The maximum atomic E-state index is 12.0. The van der Waals surface area contributed by atoms with Gasteiger partial charge in [0.15, 0.2) is 0 Å². The number of benzene rings is 1. The van der Waals surface area contributed by atoms with Gasteiger partial charge < -0.3 is 21.1 Å². The lowest BCUT2D eigenvalue weighted by molar-refractivity contribution is -0.121. The maximum absolute atomic E-state index is 12.0. The fraction of sp³-hybridized carbons (Fsp3) is 0.412. The van der Waals surface area contributed by atoms with E-state index in [1.165, 1.54) is 0 Å². The predicted molar refractivity (Wildman–Crippen MR) is 107 cm³/mol. The summed E-state index contributed by atoms with van der Waals surface area (Å²) in [4.78, 5) is 38.7. The number of carbonyl (C=O) groups excluding carboxylic acids is 3. The van der Waals surface area contributed by atoms with E-state index in [0.29, 0.717) is 22.0 Å². The van der Waals surface area contributed by atoms with E-state index < -0.39 is 18.0 Å². The molecule has 11 heteroatoms. The van der Waals surface area contributed by atoms with Crippen LogP contribution in [0.2, 0.25) is 10.0 Å². The fourth-order valence-corrected chi connectivity index (χ4v) is 2.61. The van der Waals surface area contributed by atoms with Crippen molar-refractivity contribution in [2.24, 2.45) is 10.7 Å². The number of likely N-dealkylation sites (N-methyl/N-ethyl adjacent to an activating group) is 1.